The third-order valence-corrected chi connectivity index (χ3v) is 2.66. The Bertz CT molecular complexity index is 388. The van der Waals surface area contributed by atoms with E-state index in [-0.39, 0.29) is 6.04 Å². The van der Waals surface area contributed by atoms with E-state index in [1.165, 1.54) is 0 Å². The molecule has 1 heterocycles. The Hall–Kier alpha value is -1.63. The van der Waals surface area contributed by atoms with Gasteiger partial charge >= 0.3 is 6.01 Å². The number of rotatable bonds is 8. The van der Waals surface area contributed by atoms with E-state index in [0.717, 1.165) is 13.1 Å². The van der Waals surface area contributed by atoms with Crippen LogP contribution in [-0.4, -0.2) is 54.9 Å². The summed E-state index contributed by atoms with van der Waals surface area (Å²) < 4.78 is 10.3. The SMILES string of the molecule is CCNc1nc(OC)nc(N(CC)C(C)COC)n1. The van der Waals surface area contributed by atoms with E-state index in [1.54, 1.807) is 14.2 Å². The molecule has 1 rings (SSSR count). The summed E-state index contributed by atoms with van der Waals surface area (Å²) in [6, 6.07) is 0.487. The number of hydrogen-bond donors (Lipinski definition) is 1. The van der Waals surface area contributed by atoms with Crippen LogP contribution in [0.5, 0.6) is 6.01 Å². The van der Waals surface area contributed by atoms with Crippen LogP contribution >= 0.6 is 0 Å². The van der Waals surface area contributed by atoms with Gasteiger partial charge in [0.2, 0.25) is 11.9 Å². The van der Waals surface area contributed by atoms with Gasteiger partial charge in [0.15, 0.2) is 0 Å². The van der Waals surface area contributed by atoms with Gasteiger partial charge in [0.25, 0.3) is 0 Å². The van der Waals surface area contributed by atoms with Crippen LogP contribution in [0.25, 0.3) is 0 Å². The van der Waals surface area contributed by atoms with Gasteiger partial charge in [-0.3, -0.25) is 0 Å². The molecule has 19 heavy (non-hydrogen) atoms. The molecule has 0 aliphatic heterocycles. The summed E-state index contributed by atoms with van der Waals surface area (Å²) >= 11 is 0. The molecule has 0 saturated carbocycles. The molecule has 0 aliphatic rings. The minimum atomic E-state index is 0.177. The fourth-order valence-electron chi connectivity index (χ4n) is 1.78. The Kier molecular flexibility index (Phi) is 6.27. The monoisotopic (exact) mass is 269 g/mol. The predicted molar refractivity (Wildman–Crippen MR) is 74.9 cm³/mol. The second kappa shape index (κ2) is 7.73. The summed E-state index contributed by atoms with van der Waals surface area (Å²) in [7, 11) is 3.23. The highest BCUT2D eigenvalue weighted by Gasteiger charge is 2.17. The molecule has 0 bridgehead atoms. The van der Waals surface area contributed by atoms with Gasteiger partial charge in [0.1, 0.15) is 0 Å². The summed E-state index contributed by atoms with van der Waals surface area (Å²) in [5.74, 6) is 1.11. The second-order valence-electron chi connectivity index (χ2n) is 4.07. The van der Waals surface area contributed by atoms with Crippen molar-refractivity contribution in [3.63, 3.8) is 0 Å². The van der Waals surface area contributed by atoms with Gasteiger partial charge in [-0.15, -0.1) is 0 Å². The number of methoxy groups -OCH3 is 2. The Morgan fingerprint density at radius 1 is 1.21 bits per heavy atom. The summed E-state index contributed by atoms with van der Waals surface area (Å²) in [6.07, 6.45) is 0. The molecule has 1 aromatic heterocycles. The Balaban J connectivity index is 3.04. The summed E-state index contributed by atoms with van der Waals surface area (Å²) in [5, 5.41) is 3.07. The highest BCUT2D eigenvalue weighted by atomic mass is 16.5. The molecule has 108 valence electrons. The molecule has 0 fully saturated rings. The van der Waals surface area contributed by atoms with Crippen LogP contribution in [0, 0.1) is 0 Å². The number of aromatic nitrogens is 3. The van der Waals surface area contributed by atoms with Gasteiger partial charge in [-0.25, -0.2) is 0 Å². The van der Waals surface area contributed by atoms with E-state index in [9.17, 15) is 0 Å². The van der Waals surface area contributed by atoms with E-state index >= 15 is 0 Å². The van der Waals surface area contributed by atoms with Crippen LogP contribution in [0.15, 0.2) is 0 Å². The van der Waals surface area contributed by atoms with Crippen molar-refractivity contribution in [1.29, 1.82) is 0 Å². The molecule has 0 radical (unpaired) electrons. The maximum atomic E-state index is 5.18. The number of nitrogens with zero attached hydrogens (tertiary/aromatic N) is 4. The highest BCUT2D eigenvalue weighted by Crippen LogP contribution is 2.17. The minimum absolute atomic E-state index is 0.177. The molecule has 1 atom stereocenters. The second-order valence-corrected chi connectivity index (χ2v) is 4.07. The zero-order valence-corrected chi connectivity index (χ0v) is 12.3. The zero-order valence-electron chi connectivity index (χ0n) is 12.3. The first-order valence-corrected chi connectivity index (χ1v) is 6.45. The lowest BCUT2D eigenvalue weighted by atomic mass is 10.3. The van der Waals surface area contributed by atoms with Crippen molar-refractivity contribution in [2.75, 3.05) is 44.1 Å². The van der Waals surface area contributed by atoms with Gasteiger partial charge in [-0.2, -0.15) is 15.0 Å². The third-order valence-electron chi connectivity index (χ3n) is 2.66. The Labute approximate surface area is 114 Å². The van der Waals surface area contributed by atoms with Crippen LogP contribution in [0.4, 0.5) is 11.9 Å². The predicted octanol–water partition coefficient (Wildman–Crippen LogP) is 1.17. The average Bonchev–Trinajstić information content (AvgIpc) is 2.40. The van der Waals surface area contributed by atoms with E-state index in [1.807, 2.05) is 6.92 Å². The third kappa shape index (κ3) is 4.20. The standard InChI is InChI=1S/C12H23N5O2/c1-6-13-10-14-11(16-12(15-10)19-5)17(7-2)9(3)8-18-4/h9H,6-8H2,1-5H3,(H,13,14,15,16). The van der Waals surface area contributed by atoms with Crippen molar-refractivity contribution in [2.24, 2.45) is 0 Å². The smallest absolute Gasteiger partial charge is 0.322 e. The lowest BCUT2D eigenvalue weighted by Gasteiger charge is -2.27. The van der Waals surface area contributed by atoms with Crippen molar-refractivity contribution in [3.8, 4) is 6.01 Å². The lowest BCUT2D eigenvalue weighted by Crippen LogP contribution is -2.37. The minimum Gasteiger partial charge on any atom is -0.467 e. The number of hydrogen-bond acceptors (Lipinski definition) is 7. The number of nitrogens with one attached hydrogen (secondary N) is 1. The van der Waals surface area contributed by atoms with Gasteiger partial charge in [-0.05, 0) is 20.8 Å². The molecule has 0 aliphatic carbocycles. The lowest BCUT2D eigenvalue weighted by molar-refractivity contribution is 0.181. The molecule has 7 nitrogen and oxygen atoms in total. The maximum Gasteiger partial charge on any atom is 0.322 e. The van der Waals surface area contributed by atoms with E-state index in [2.05, 4.69) is 39.0 Å². The molecule has 0 amide bonds. The molecule has 7 heteroatoms. The van der Waals surface area contributed by atoms with Gasteiger partial charge in [-0.1, -0.05) is 0 Å². The van der Waals surface area contributed by atoms with Crippen LogP contribution in [0.3, 0.4) is 0 Å². The van der Waals surface area contributed by atoms with E-state index < -0.39 is 0 Å². The van der Waals surface area contributed by atoms with Crippen molar-refractivity contribution < 1.29 is 9.47 Å². The highest BCUT2D eigenvalue weighted by molar-refractivity contribution is 5.39. The van der Waals surface area contributed by atoms with Crippen molar-refractivity contribution >= 4 is 11.9 Å². The summed E-state index contributed by atoms with van der Waals surface area (Å²) in [6.45, 7) is 8.24. The first kappa shape index (κ1) is 15.4. The van der Waals surface area contributed by atoms with Crippen molar-refractivity contribution in [1.82, 2.24) is 15.0 Å². The molecule has 1 N–H and O–H groups in total. The number of likely N-dealkylation sites (N-methyl/N-ethyl adjacent to an activating group) is 1. The first-order chi connectivity index (χ1) is 9.15. The topological polar surface area (TPSA) is 72.4 Å². The normalized spacial score (nSPS) is 12.1. The van der Waals surface area contributed by atoms with Crippen LogP contribution in [0.1, 0.15) is 20.8 Å². The quantitative estimate of drug-likeness (QED) is 0.759. The number of anilines is 2. The largest absolute Gasteiger partial charge is 0.467 e. The molecular weight excluding hydrogens is 246 g/mol. The number of ether oxygens (including phenoxy) is 2. The fraction of sp³-hybridized carbons (Fsp3) is 0.750. The summed E-state index contributed by atoms with van der Waals surface area (Å²) in [4.78, 5) is 14.9. The maximum absolute atomic E-state index is 5.18. The van der Waals surface area contributed by atoms with Gasteiger partial charge in [0, 0.05) is 20.2 Å². The van der Waals surface area contributed by atoms with Crippen molar-refractivity contribution in [3.05, 3.63) is 0 Å². The van der Waals surface area contributed by atoms with Gasteiger partial charge < -0.3 is 19.7 Å². The van der Waals surface area contributed by atoms with Crippen LogP contribution in [-0.2, 0) is 4.74 Å². The van der Waals surface area contributed by atoms with Crippen LogP contribution < -0.4 is 15.0 Å². The zero-order chi connectivity index (χ0) is 14.3. The Morgan fingerprint density at radius 2 is 1.95 bits per heavy atom. The molecule has 0 aromatic carbocycles. The fourth-order valence-corrected chi connectivity index (χ4v) is 1.78. The summed E-state index contributed by atoms with van der Waals surface area (Å²) in [5.41, 5.74) is 0. The molecular formula is C12H23N5O2. The Morgan fingerprint density at radius 3 is 2.47 bits per heavy atom. The molecule has 1 unspecified atom stereocenters. The molecule has 0 spiro atoms. The average molecular weight is 269 g/mol. The van der Waals surface area contributed by atoms with Crippen molar-refractivity contribution in [2.45, 2.75) is 26.8 Å². The van der Waals surface area contributed by atoms with E-state index in [0.29, 0.717) is 24.5 Å². The van der Waals surface area contributed by atoms with Crippen LogP contribution in [0.2, 0.25) is 0 Å². The van der Waals surface area contributed by atoms with Gasteiger partial charge in [0.05, 0.1) is 19.8 Å². The first-order valence-electron chi connectivity index (χ1n) is 6.45. The molecule has 0 saturated heterocycles. The van der Waals surface area contributed by atoms with E-state index in [4.69, 9.17) is 9.47 Å². The molecule has 1 aromatic rings.